The van der Waals surface area contributed by atoms with Crippen molar-refractivity contribution in [1.29, 1.82) is 0 Å². The molecule has 0 radical (unpaired) electrons. The lowest BCUT2D eigenvalue weighted by molar-refractivity contribution is 0.0259. The highest BCUT2D eigenvalue weighted by Crippen LogP contribution is 2.25. The van der Waals surface area contributed by atoms with Crippen molar-refractivity contribution >= 4 is 0 Å². The second-order valence-electron chi connectivity index (χ2n) is 4.79. The normalized spacial score (nSPS) is 36.6. The smallest absolute Gasteiger partial charge is 0.0702 e. The van der Waals surface area contributed by atoms with Gasteiger partial charge in [-0.05, 0) is 38.6 Å². The van der Waals surface area contributed by atoms with Crippen molar-refractivity contribution in [2.45, 2.75) is 57.3 Å². The molecule has 88 valence electrons. The second kappa shape index (κ2) is 5.28. The van der Waals surface area contributed by atoms with Gasteiger partial charge in [0.1, 0.15) is 0 Å². The van der Waals surface area contributed by atoms with E-state index in [9.17, 15) is 5.11 Å². The Morgan fingerprint density at radius 1 is 1.27 bits per heavy atom. The van der Waals surface area contributed by atoms with E-state index in [-0.39, 0.29) is 6.10 Å². The Bertz CT molecular complexity index is 192. The number of hydrogen-bond acceptors (Lipinski definition) is 3. The fourth-order valence-corrected chi connectivity index (χ4v) is 2.90. The zero-order chi connectivity index (χ0) is 10.7. The van der Waals surface area contributed by atoms with E-state index in [1.165, 1.54) is 19.3 Å². The van der Waals surface area contributed by atoms with Gasteiger partial charge in [-0.1, -0.05) is 6.92 Å². The minimum Gasteiger partial charge on any atom is -0.391 e. The number of aliphatic hydroxyl groups excluding tert-OH is 1. The molecule has 15 heavy (non-hydrogen) atoms. The first-order valence-electron chi connectivity index (χ1n) is 6.35. The molecule has 1 N–H and O–H groups in total. The van der Waals surface area contributed by atoms with Gasteiger partial charge in [0.15, 0.2) is 0 Å². The molecule has 0 aromatic rings. The highest BCUT2D eigenvalue weighted by atomic mass is 16.5. The molecule has 1 heterocycles. The van der Waals surface area contributed by atoms with Crippen LogP contribution in [-0.4, -0.2) is 48.0 Å². The third-order valence-corrected chi connectivity index (χ3v) is 3.78. The topological polar surface area (TPSA) is 32.7 Å². The molecule has 3 nitrogen and oxygen atoms in total. The molecule has 0 spiro atoms. The molecule has 0 aromatic carbocycles. The van der Waals surface area contributed by atoms with Gasteiger partial charge in [-0.25, -0.2) is 0 Å². The molecule has 3 atom stereocenters. The molecule has 1 saturated carbocycles. The predicted molar refractivity (Wildman–Crippen MR) is 59.9 cm³/mol. The minimum absolute atomic E-state index is 0.105. The summed E-state index contributed by atoms with van der Waals surface area (Å²) in [5, 5.41) is 9.88. The Balaban J connectivity index is 1.85. The molecule has 3 heteroatoms. The predicted octanol–water partition coefficient (Wildman–Crippen LogP) is 1.40. The molecule has 2 rings (SSSR count). The third kappa shape index (κ3) is 2.71. The number of hydrogen-bond donors (Lipinski definition) is 1. The standard InChI is InChI=1S/C12H23NO2/c1-2-13(9-10-5-4-8-15-10)11-6-3-7-12(11)14/h10-12,14H,2-9H2,1H3/t10?,11-,12-/m1/s1. The summed E-state index contributed by atoms with van der Waals surface area (Å²) >= 11 is 0. The van der Waals surface area contributed by atoms with Crippen LogP contribution >= 0.6 is 0 Å². The zero-order valence-corrected chi connectivity index (χ0v) is 9.69. The van der Waals surface area contributed by atoms with E-state index < -0.39 is 0 Å². The van der Waals surface area contributed by atoms with Gasteiger partial charge in [0.05, 0.1) is 12.2 Å². The average molecular weight is 213 g/mol. The maximum absolute atomic E-state index is 9.88. The number of nitrogens with zero attached hydrogens (tertiary/aromatic N) is 1. The first-order chi connectivity index (χ1) is 7.31. The van der Waals surface area contributed by atoms with Crippen LogP contribution < -0.4 is 0 Å². The van der Waals surface area contributed by atoms with E-state index in [2.05, 4.69) is 11.8 Å². The summed E-state index contributed by atoms with van der Waals surface area (Å²) in [5.41, 5.74) is 0. The highest BCUT2D eigenvalue weighted by molar-refractivity contribution is 4.86. The van der Waals surface area contributed by atoms with Crippen LogP contribution in [0.25, 0.3) is 0 Å². The van der Waals surface area contributed by atoms with E-state index in [0.717, 1.165) is 32.5 Å². The number of aliphatic hydroxyl groups is 1. The first-order valence-corrected chi connectivity index (χ1v) is 6.35. The van der Waals surface area contributed by atoms with Crippen LogP contribution in [0, 0.1) is 0 Å². The Labute approximate surface area is 92.4 Å². The summed E-state index contributed by atoms with van der Waals surface area (Å²) in [5.74, 6) is 0. The van der Waals surface area contributed by atoms with Crippen LogP contribution in [0.4, 0.5) is 0 Å². The summed E-state index contributed by atoms with van der Waals surface area (Å²) in [6.45, 7) is 5.15. The second-order valence-corrected chi connectivity index (χ2v) is 4.79. The molecule has 2 aliphatic rings. The molecular weight excluding hydrogens is 190 g/mol. The van der Waals surface area contributed by atoms with Crippen molar-refractivity contribution in [2.24, 2.45) is 0 Å². The van der Waals surface area contributed by atoms with Gasteiger partial charge < -0.3 is 9.84 Å². The Hall–Kier alpha value is -0.120. The minimum atomic E-state index is -0.105. The SMILES string of the molecule is CCN(CC1CCCO1)[C@@H]1CCC[C@H]1O. The molecule has 0 aromatic heterocycles. The summed E-state index contributed by atoms with van der Waals surface area (Å²) in [4.78, 5) is 2.41. The van der Waals surface area contributed by atoms with Crippen LogP contribution in [0.2, 0.25) is 0 Å². The molecule has 0 bridgehead atoms. The van der Waals surface area contributed by atoms with Crippen LogP contribution in [0.15, 0.2) is 0 Å². The fraction of sp³-hybridized carbons (Fsp3) is 1.00. The molecule has 0 amide bonds. The molecule has 1 unspecified atom stereocenters. The lowest BCUT2D eigenvalue weighted by Crippen LogP contribution is -2.44. The Kier molecular flexibility index (Phi) is 4.00. The lowest BCUT2D eigenvalue weighted by Gasteiger charge is -2.31. The largest absolute Gasteiger partial charge is 0.391 e. The fourth-order valence-electron chi connectivity index (χ4n) is 2.90. The molecular formula is C12H23NO2. The van der Waals surface area contributed by atoms with Crippen LogP contribution in [0.5, 0.6) is 0 Å². The maximum Gasteiger partial charge on any atom is 0.0702 e. The van der Waals surface area contributed by atoms with Crippen molar-refractivity contribution < 1.29 is 9.84 Å². The molecule has 2 fully saturated rings. The van der Waals surface area contributed by atoms with Gasteiger partial charge in [0.25, 0.3) is 0 Å². The lowest BCUT2D eigenvalue weighted by atomic mass is 10.1. The zero-order valence-electron chi connectivity index (χ0n) is 9.69. The van der Waals surface area contributed by atoms with Crippen molar-refractivity contribution in [1.82, 2.24) is 4.90 Å². The van der Waals surface area contributed by atoms with Crippen molar-refractivity contribution in [3.8, 4) is 0 Å². The van der Waals surface area contributed by atoms with Gasteiger partial charge in [-0.3, -0.25) is 4.90 Å². The third-order valence-electron chi connectivity index (χ3n) is 3.78. The van der Waals surface area contributed by atoms with Gasteiger partial charge in [-0.15, -0.1) is 0 Å². The van der Waals surface area contributed by atoms with Gasteiger partial charge in [0.2, 0.25) is 0 Å². The van der Waals surface area contributed by atoms with Crippen LogP contribution in [0.3, 0.4) is 0 Å². The van der Waals surface area contributed by atoms with Crippen molar-refractivity contribution in [2.75, 3.05) is 19.7 Å². The van der Waals surface area contributed by atoms with E-state index in [0.29, 0.717) is 12.1 Å². The first kappa shape index (κ1) is 11.4. The number of ether oxygens (including phenoxy) is 1. The van der Waals surface area contributed by atoms with Crippen LogP contribution in [-0.2, 0) is 4.74 Å². The van der Waals surface area contributed by atoms with E-state index in [1.807, 2.05) is 0 Å². The van der Waals surface area contributed by atoms with E-state index in [4.69, 9.17) is 4.74 Å². The molecule has 1 aliphatic heterocycles. The maximum atomic E-state index is 9.88. The quantitative estimate of drug-likeness (QED) is 0.766. The molecule has 1 saturated heterocycles. The van der Waals surface area contributed by atoms with Gasteiger partial charge >= 0.3 is 0 Å². The van der Waals surface area contributed by atoms with Crippen molar-refractivity contribution in [3.05, 3.63) is 0 Å². The van der Waals surface area contributed by atoms with E-state index >= 15 is 0 Å². The van der Waals surface area contributed by atoms with E-state index in [1.54, 1.807) is 0 Å². The average Bonchev–Trinajstić information content (AvgIpc) is 2.85. The number of likely N-dealkylation sites (N-methyl/N-ethyl adjacent to an activating group) is 1. The molecule has 1 aliphatic carbocycles. The summed E-state index contributed by atoms with van der Waals surface area (Å²) < 4.78 is 5.66. The summed E-state index contributed by atoms with van der Waals surface area (Å²) in [6, 6.07) is 0.388. The Morgan fingerprint density at radius 3 is 2.67 bits per heavy atom. The Morgan fingerprint density at radius 2 is 2.13 bits per heavy atom. The monoisotopic (exact) mass is 213 g/mol. The van der Waals surface area contributed by atoms with Gasteiger partial charge in [0, 0.05) is 19.2 Å². The van der Waals surface area contributed by atoms with Crippen LogP contribution in [0.1, 0.15) is 39.0 Å². The highest BCUT2D eigenvalue weighted by Gasteiger charge is 2.31. The van der Waals surface area contributed by atoms with Gasteiger partial charge in [-0.2, -0.15) is 0 Å². The number of rotatable bonds is 4. The summed E-state index contributed by atoms with van der Waals surface area (Å²) in [6.07, 6.45) is 6.01. The summed E-state index contributed by atoms with van der Waals surface area (Å²) in [7, 11) is 0. The van der Waals surface area contributed by atoms with Crippen molar-refractivity contribution in [3.63, 3.8) is 0 Å².